The average molecular weight is 420 g/mol. The molecule has 0 saturated heterocycles. The van der Waals surface area contributed by atoms with Gasteiger partial charge >= 0.3 is 0 Å². The van der Waals surface area contributed by atoms with E-state index in [0.29, 0.717) is 22.5 Å². The van der Waals surface area contributed by atoms with Crippen molar-refractivity contribution in [3.05, 3.63) is 95.6 Å². The van der Waals surface area contributed by atoms with E-state index in [2.05, 4.69) is 23.3 Å². The third-order valence-electron chi connectivity index (χ3n) is 4.45. The molecule has 0 fully saturated rings. The van der Waals surface area contributed by atoms with Gasteiger partial charge in [-0.1, -0.05) is 48.5 Å². The molecule has 30 heavy (non-hydrogen) atoms. The highest BCUT2D eigenvalue weighted by Gasteiger charge is 2.19. The molecule has 0 aliphatic carbocycles. The number of anilines is 2. The third-order valence-corrected chi connectivity index (χ3v) is 4.82. The van der Waals surface area contributed by atoms with Gasteiger partial charge in [-0.25, -0.2) is 0 Å². The van der Waals surface area contributed by atoms with Crippen molar-refractivity contribution >= 4 is 41.6 Å². The summed E-state index contributed by atoms with van der Waals surface area (Å²) in [5.74, 6) is -0.945. The minimum absolute atomic E-state index is 0.198. The zero-order valence-corrected chi connectivity index (χ0v) is 16.9. The van der Waals surface area contributed by atoms with Gasteiger partial charge in [-0.2, -0.15) is 12.6 Å². The standard InChI is InChI=1S/C23H21N3O3S/c24-22(28)20(14-30)25-17-11-12-19(26-23(29)16-9-5-2-6-10-16)18(13-17)21(27)15-7-3-1-4-8-15/h1-13,20,25,30H,14H2,(H2,24,28)(H,26,29)/t20-/m0/s1. The first-order valence-electron chi connectivity index (χ1n) is 9.26. The molecule has 3 aromatic rings. The lowest BCUT2D eigenvalue weighted by Crippen LogP contribution is -2.36. The number of carbonyl (C=O) groups is 3. The largest absolute Gasteiger partial charge is 0.373 e. The normalized spacial score (nSPS) is 11.4. The Morgan fingerprint density at radius 1 is 0.867 bits per heavy atom. The summed E-state index contributed by atoms with van der Waals surface area (Å²) in [7, 11) is 0. The smallest absolute Gasteiger partial charge is 0.255 e. The van der Waals surface area contributed by atoms with Gasteiger partial charge in [0, 0.05) is 28.1 Å². The van der Waals surface area contributed by atoms with E-state index in [1.165, 1.54) is 0 Å². The molecule has 0 aromatic heterocycles. The van der Waals surface area contributed by atoms with Crippen LogP contribution in [0.5, 0.6) is 0 Å². The van der Waals surface area contributed by atoms with Gasteiger partial charge in [0.05, 0.1) is 5.69 Å². The molecule has 0 aliphatic heterocycles. The van der Waals surface area contributed by atoms with Crippen LogP contribution in [0.2, 0.25) is 0 Å². The molecule has 2 amide bonds. The van der Waals surface area contributed by atoms with Crippen molar-refractivity contribution < 1.29 is 14.4 Å². The van der Waals surface area contributed by atoms with Crippen LogP contribution < -0.4 is 16.4 Å². The van der Waals surface area contributed by atoms with E-state index >= 15 is 0 Å². The fourth-order valence-electron chi connectivity index (χ4n) is 2.87. The van der Waals surface area contributed by atoms with Gasteiger partial charge in [0.2, 0.25) is 5.91 Å². The Hall–Kier alpha value is -3.58. The molecular weight excluding hydrogens is 398 g/mol. The maximum atomic E-state index is 13.1. The van der Waals surface area contributed by atoms with E-state index in [9.17, 15) is 14.4 Å². The first kappa shape index (κ1) is 21.1. The van der Waals surface area contributed by atoms with Crippen LogP contribution in [-0.2, 0) is 4.79 Å². The molecule has 6 nitrogen and oxygen atoms in total. The van der Waals surface area contributed by atoms with Crippen molar-refractivity contribution in [2.24, 2.45) is 5.73 Å². The van der Waals surface area contributed by atoms with Crippen LogP contribution >= 0.6 is 12.6 Å². The molecule has 0 radical (unpaired) electrons. The van der Waals surface area contributed by atoms with E-state index in [-0.39, 0.29) is 23.0 Å². The summed E-state index contributed by atoms with van der Waals surface area (Å²) in [6, 6.07) is 21.7. The minimum Gasteiger partial charge on any atom is -0.373 e. The van der Waals surface area contributed by atoms with Gasteiger partial charge in [-0.15, -0.1) is 0 Å². The molecule has 4 N–H and O–H groups in total. The first-order chi connectivity index (χ1) is 14.5. The third kappa shape index (κ3) is 5.07. The Morgan fingerprint density at radius 3 is 2.03 bits per heavy atom. The van der Waals surface area contributed by atoms with Crippen LogP contribution in [0.4, 0.5) is 11.4 Å². The number of primary amides is 1. The SMILES string of the molecule is NC(=O)[C@H](CS)Nc1ccc(NC(=O)c2ccccc2)c(C(=O)c2ccccc2)c1. The number of nitrogens with two attached hydrogens (primary N) is 1. The fraction of sp³-hybridized carbons (Fsp3) is 0.0870. The molecule has 0 unspecified atom stereocenters. The maximum absolute atomic E-state index is 13.1. The quantitative estimate of drug-likeness (QED) is 0.332. The van der Waals surface area contributed by atoms with E-state index in [1.807, 2.05) is 12.1 Å². The van der Waals surface area contributed by atoms with Crippen LogP contribution in [0.15, 0.2) is 78.9 Å². The molecule has 1 atom stereocenters. The van der Waals surface area contributed by atoms with Crippen molar-refractivity contribution in [3.63, 3.8) is 0 Å². The lowest BCUT2D eigenvalue weighted by atomic mass is 10.0. The molecule has 0 saturated carbocycles. The minimum atomic E-state index is -0.697. The van der Waals surface area contributed by atoms with Crippen molar-refractivity contribution in [2.45, 2.75) is 6.04 Å². The lowest BCUT2D eigenvalue weighted by molar-refractivity contribution is -0.118. The Balaban J connectivity index is 1.97. The van der Waals surface area contributed by atoms with E-state index in [1.54, 1.807) is 66.7 Å². The Kier molecular flexibility index (Phi) is 6.87. The molecule has 3 rings (SSSR count). The Morgan fingerprint density at radius 2 is 1.47 bits per heavy atom. The second kappa shape index (κ2) is 9.76. The zero-order chi connectivity index (χ0) is 21.5. The maximum Gasteiger partial charge on any atom is 0.255 e. The summed E-state index contributed by atoms with van der Waals surface area (Å²) in [6.07, 6.45) is 0. The number of hydrogen-bond acceptors (Lipinski definition) is 5. The highest BCUT2D eigenvalue weighted by Crippen LogP contribution is 2.25. The molecule has 7 heteroatoms. The van der Waals surface area contributed by atoms with E-state index < -0.39 is 11.9 Å². The number of thiol groups is 1. The van der Waals surface area contributed by atoms with E-state index in [4.69, 9.17) is 5.73 Å². The number of nitrogens with one attached hydrogen (secondary N) is 2. The van der Waals surface area contributed by atoms with Crippen LogP contribution in [0, 0.1) is 0 Å². The number of ketones is 1. The van der Waals surface area contributed by atoms with Crippen LogP contribution in [0.25, 0.3) is 0 Å². The average Bonchev–Trinajstić information content (AvgIpc) is 2.78. The highest BCUT2D eigenvalue weighted by atomic mass is 32.1. The summed E-state index contributed by atoms with van der Waals surface area (Å²) in [6.45, 7) is 0. The lowest BCUT2D eigenvalue weighted by Gasteiger charge is -2.17. The van der Waals surface area contributed by atoms with Gasteiger partial charge in [-0.3, -0.25) is 14.4 Å². The molecule has 152 valence electrons. The van der Waals surface area contributed by atoms with Crippen molar-refractivity contribution in [2.75, 3.05) is 16.4 Å². The monoisotopic (exact) mass is 419 g/mol. The molecule has 0 heterocycles. The molecule has 0 aliphatic rings. The van der Waals surface area contributed by atoms with Crippen molar-refractivity contribution in [1.82, 2.24) is 0 Å². The molecule has 0 bridgehead atoms. The molecule has 3 aromatic carbocycles. The summed E-state index contributed by atoms with van der Waals surface area (Å²) >= 11 is 4.13. The van der Waals surface area contributed by atoms with Crippen molar-refractivity contribution in [1.29, 1.82) is 0 Å². The number of benzene rings is 3. The molecule has 0 spiro atoms. The highest BCUT2D eigenvalue weighted by molar-refractivity contribution is 7.80. The molecular formula is C23H21N3O3S. The number of hydrogen-bond donors (Lipinski definition) is 4. The topological polar surface area (TPSA) is 101 Å². The Bertz CT molecular complexity index is 1060. The van der Waals surface area contributed by atoms with E-state index in [0.717, 1.165) is 0 Å². The summed E-state index contributed by atoms with van der Waals surface area (Å²) in [4.78, 5) is 37.3. The van der Waals surface area contributed by atoms with Gasteiger partial charge in [-0.05, 0) is 30.3 Å². The predicted molar refractivity (Wildman–Crippen MR) is 121 cm³/mol. The zero-order valence-electron chi connectivity index (χ0n) is 16.0. The number of carbonyl (C=O) groups excluding carboxylic acids is 3. The van der Waals surface area contributed by atoms with Crippen molar-refractivity contribution in [3.8, 4) is 0 Å². The van der Waals surface area contributed by atoms with Crippen LogP contribution in [0.3, 0.4) is 0 Å². The second-order valence-electron chi connectivity index (χ2n) is 6.56. The van der Waals surface area contributed by atoms with Gasteiger partial charge in [0.1, 0.15) is 6.04 Å². The van der Waals surface area contributed by atoms with Crippen LogP contribution in [0.1, 0.15) is 26.3 Å². The van der Waals surface area contributed by atoms with Gasteiger partial charge in [0.25, 0.3) is 5.91 Å². The van der Waals surface area contributed by atoms with Gasteiger partial charge in [0.15, 0.2) is 5.78 Å². The Labute approximate surface area is 179 Å². The fourth-order valence-corrected chi connectivity index (χ4v) is 3.14. The first-order valence-corrected chi connectivity index (χ1v) is 9.89. The summed E-state index contributed by atoms with van der Waals surface area (Å²) in [5, 5.41) is 5.77. The predicted octanol–water partition coefficient (Wildman–Crippen LogP) is 3.37. The van der Waals surface area contributed by atoms with Crippen LogP contribution in [-0.4, -0.2) is 29.4 Å². The van der Waals surface area contributed by atoms with Gasteiger partial charge < -0.3 is 16.4 Å². The number of amides is 2. The summed E-state index contributed by atoms with van der Waals surface area (Å²) in [5.41, 5.74) is 7.49. The summed E-state index contributed by atoms with van der Waals surface area (Å²) < 4.78 is 0. The second-order valence-corrected chi connectivity index (χ2v) is 6.92. The number of rotatable bonds is 8.